The van der Waals surface area contributed by atoms with E-state index in [9.17, 15) is 9.18 Å². The zero-order valence-corrected chi connectivity index (χ0v) is 21.6. The molecular weight excluding hydrogens is 502 g/mol. The summed E-state index contributed by atoms with van der Waals surface area (Å²) in [6.45, 7) is 3.36. The molecule has 1 heterocycles. The second-order valence-electron chi connectivity index (χ2n) is 8.90. The number of amides is 1. The summed E-state index contributed by atoms with van der Waals surface area (Å²) in [7, 11) is 0. The fraction of sp³-hybridized carbons (Fsp3) is 0.321. The predicted octanol–water partition coefficient (Wildman–Crippen LogP) is 6.00. The third kappa shape index (κ3) is 6.30. The number of hydrogen-bond acceptors (Lipinski definition) is 4. The Morgan fingerprint density at radius 1 is 1.06 bits per heavy atom. The number of carbonyl (C=O) groups is 1. The Bertz CT molecular complexity index is 1200. The molecule has 1 amide bonds. The Balaban J connectivity index is 1.31. The maximum atomic E-state index is 13.6. The number of fused-ring (bicyclic) bond motifs is 1. The molecule has 0 bridgehead atoms. The smallest absolute Gasteiger partial charge is 0.231 e. The van der Waals surface area contributed by atoms with Gasteiger partial charge in [-0.15, -0.1) is 0 Å². The molecule has 36 heavy (non-hydrogen) atoms. The van der Waals surface area contributed by atoms with E-state index in [1.54, 1.807) is 23.1 Å². The van der Waals surface area contributed by atoms with Gasteiger partial charge >= 0.3 is 0 Å². The second kappa shape index (κ2) is 12.0. The highest BCUT2D eigenvalue weighted by molar-refractivity contribution is 6.37. The van der Waals surface area contributed by atoms with E-state index >= 15 is 0 Å². The summed E-state index contributed by atoms with van der Waals surface area (Å²) in [5, 5.41) is 0.933. The first kappa shape index (κ1) is 26.3. The molecule has 0 saturated carbocycles. The van der Waals surface area contributed by atoms with Gasteiger partial charge in [0.15, 0.2) is 5.75 Å². The van der Waals surface area contributed by atoms with E-state index in [1.807, 2.05) is 31.2 Å². The molecule has 3 aromatic carbocycles. The standard InChI is InChI=1S/C28H29Cl2FN2O3/c1-18-13-24(29)27(25(30)14-18)36-12-11-35-23-7-4-19(5-8-23)15-21(17-32)28(34)33-10-2-3-20-16-22(31)6-9-26(20)33/h4-9,13-14,16,21H,2-3,10-12,15,17,32H2,1H3. The van der Waals surface area contributed by atoms with E-state index in [2.05, 4.69) is 0 Å². The van der Waals surface area contributed by atoms with Crippen LogP contribution in [0.2, 0.25) is 10.0 Å². The van der Waals surface area contributed by atoms with Gasteiger partial charge in [0.05, 0.1) is 16.0 Å². The van der Waals surface area contributed by atoms with Crippen LogP contribution in [0.5, 0.6) is 11.5 Å². The lowest BCUT2D eigenvalue weighted by atomic mass is 9.95. The number of halogens is 3. The van der Waals surface area contributed by atoms with Gasteiger partial charge in [0.1, 0.15) is 24.8 Å². The fourth-order valence-electron chi connectivity index (χ4n) is 4.42. The van der Waals surface area contributed by atoms with E-state index < -0.39 is 0 Å². The van der Waals surface area contributed by atoms with Crippen molar-refractivity contribution in [3.8, 4) is 11.5 Å². The molecule has 0 fully saturated rings. The van der Waals surface area contributed by atoms with Gasteiger partial charge in [0.25, 0.3) is 0 Å². The van der Waals surface area contributed by atoms with Crippen LogP contribution in [0, 0.1) is 18.7 Å². The van der Waals surface area contributed by atoms with Gasteiger partial charge in [-0.05, 0) is 85.3 Å². The van der Waals surface area contributed by atoms with Gasteiger partial charge in [0.2, 0.25) is 5.91 Å². The van der Waals surface area contributed by atoms with Crippen molar-refractivity contribution in [3.05, 3.63) is 87.2 Å². The molecular formula is C28H29Cl2FN2O3. The van der Waals surface area contributed by atoms with Gasteiger partial charge in [-0.3, -0.25) is 4.79 Å². The van der Waals surface area contributed by atoms with Crippen LogP contribution >= 0.6 is 23.2 Å². The van der Waals surface area contributed by atoms with Crippen LogP contribution in [0.4, 0.5) is 10.1 Å². The Morgan fingerprint density at radius 3 is 2.44 bits per heavy atom. The van der Waals surface area contributed by atoms with Crippen molar-refractivity contribution >= 4 is 34.8 Å². The largest absolute Gasteiger partial charge is 0.490 e. The number of benzene rings is 3. The number of anilines is 1. The quantitative estimate of drug-likeness (QED) is 0.345. The molecule has 1 aliphatic heterocycles. The average Bonchev–Trinajstić information content (AvgIpc) is 2.86. The zero-order valence-electron chi connectivity index (χ0n) is 20.1. The second-order valence-corrected chi connectivity index (χ2v) is 9.72. The van der Waals surface area contributed by atoms with Crippen molar-refractivity contribution in [2.75, 3.05) is 31.2 Å². The fourth-order valence-corrected chi connectivity index (χ4v) is 5.13. The molecule has 0 aliphatic carbocycles. The number of ether oxygens (including phenoxy) is 2. The lowest BCUT2D eigenvalue weighted by molar-refractivity contribution is -0.122. The molecule has 0 radical (unpaired) electrons. The van der Waals surface area contributed by atoms with E-state index in [1.165, 1.54) is 12.1 Å². The molecule has 190 valence electrons. The van der Waals surface area contributed by atoms with E-state index in [-0.39, 0.29) is 30.8 Å². The molecule has 5 nitrogen and oxygen atoms in total. The Labute approximate surface area is 220 Å². The van der Waals surface area contributed by atoms with E-state index in [0.717, 1.165) is 35.2 Å². The number of nitrogens with two attached hydrogens (primary N) is 1. The molecule has 2 N–H and O–H groups in total. The van der Waals surface area contributed by atoms with Crippen LogP contribution in [0.25, 0.3) is 0 Å². The molecule has 0 aromatic heterocycles. The summed E-state index contributed by atoms with van der Waals surface area (Å²) in [6.07, 6.45) is 2.08. The van der Waals surface area contributed by atoms with Gasteiger partial charge in [0, 0.05) is 18.8 Å². The number of nitrogens with zero attached hydrogens (tertiary/aromatic N) is 1. The third-order valence-electron chi connectivity index (χ3n) is 6.21. The minimum atomic E-state index is -0.370. The number of carbonyl (C=O) groups excluding carboxylic acids is 1. The maximum absolute atomic E-state index is 13.6. The summed E-state index contributed by atoms with van der Waals surface area (Å²) in [5.41, 5.74) is 9.59. The maximum Gasteiger partial charge on any atom is 0.231 e. The number of aryl methyl sites for hydroxylation is 2. The summed E-state index contributed by atoms with van der Waals surface area (Å²) in [4.78, 5) is 15.1. The SMILES string of the molecule is Cc1cc(Cl)c(OCCOc2ccc(CC(CN)C(=O)N3CCCc4cc(F)ccc43)cc2)c(Cl)c1. The van der Waals surface area contributed by atoms with E-state index in [0.29, 0.717) is 41.1 Å². The molecule has 1 atom stereocenters. The lowest BCUT2D eigenvalue weighted by Crippen LogP contribution is -2.42. The van der Waals surface area contributed by atoms with Crippen molar-refractivity contribution in [2.24, 2.45) is 11.7 Å². The Kier molecular flexibility index (Phi) is 8.72. The van der Waals surface area contributed by atoms with Gasteiger partial charge in [-0.25, -0.2) is 4.39 Å². The molecule has 0 spiro atoms. The van der Waals surface area contributed by atoms with Crippen LogP contribution in [0.1, 0.15) is 23.1 Å². The molecule has 0 saturated heterocycles. The van der Waals surface area contributed by atoms with Crippen LogP contribution < -0.4 is 20.1 Å². The molecule has 8 heteroatoms. The lowest BCUT2D eigenvalue weighted by Gasteiger charge is -2.32. The van der Waals surface area contributed by atoms with Crippen molar-refractivity contribution in [1.29, 1.82) is 0 Å². The zero-order chi connectivity index (χ0) is 25.7. The number of rotatable bonds is 9. The highest BCUT2D eigenvalue weighted by Gasteiger charge is 2.28. The minimum Gasteiger partial charge on any atom is -0.490 e. The number of hydrogen-bond donors (Lipinski definition) is 1. The Morgan fingerprint density at radius 2 is 1.75 bits per heavy atom. The van der Waals surface area contributed by atoms with Crippen molar-refractivity contribution in [3.63, 3.8) is 0 Å². The normalized spacial score (nSPS) is 13.8. The molecule has 1 aliphatic rings. The average molecular weight is 531 g/mol. The first-order valence-electron chi connectivity index (χ1n) is 12.0. The first-order chi connectivity index (χ1) is 17.4. The summed E-state index contributed by atoms with van der Waals surface area (Å²) < 4.78 is 25.1. The summed E-state index contributed by atoms with van der Waals surface area (Å²) >= 11 is 12.4. The third-order valence-corrected chi connectivity index (χ3v) is 6.77. The van der Waals surface area contributed by atoms with Gasteiger partial charge in [-0.1, -0.05) is 35.3 Å². The highest BCUT2D eigenvalue weighted by atomic mass is 35.5. The van der Waals surface area contributed by atoms with Crippen LogP contribution in [-0.2, 0) is 17.6 Å². The first-order valence-corrected chi connectivity index (χ1v) is 12.7. The predicted molar refractivity (Wildman–Crippen MR) is 142 cm³/mol. The van der Waals surface area contributed by atoms with Crippen molar-refractivity contribution in [2.45, 2.75) is 26.2 Å². The molecule has 4 rings (SSSR count). The Hall–Kier alpha value is -2.80. The van der Waals surface area contributed by atoms with Crippen LogP contribution in [0.3, 0.4) is 0 Å². The highest BCUT2D eigenvalue weighted by Crippen LogP contribution is 2.34. The van der Waals surface area contributed by atoms with Crippen LogP contribution in [-0.4, -0.2) is 32.2 Å². The summed E-state index contributed by atoms with van der Waals surface area (Å²) in [6, 6.07) is 15.8. The molecule has 1 unspecified atom stereocenters. The molecule has 3 aromatic rings. The van der Waals surface area contributed by atoms with Crippen molar-refractivity contribution < 1.29 is 18.7 Å². The van der Waals surface area contributed by atoms with Gasteiger partial charge in [-0.2, -0.15) is 0 Å². The van der Waals surface area contributed by atoms with Crippen LogP contribution in [0.15, 0.2) is 54.6 Å². The minimum absolute atomic E-state index is 0.0315. The topological polar surface area (TPSA) is 64.8 Å². The van der Waals surface area contributed by atoms with Crippen molar-refractivity contribution in [1.82, 2.24) is 0 Å². The monoisotopic (exact) mass is 530 g/mol. The van der Waals surface area contributed by atoms with E-state index in [4.69, 9.17) is 38.4 Å². The summed E-state index contributed by atoms with van der Waals surface area (Å²) in [5.74, 6) is 0.448. The van der Waals surface area contributed by atoms with Gasteiger partial charge < -0.3 is 20.1 Å².